The summed E-state index contributed by atoms with van der Waals surface area (Å²) in [6.45, 7) is 3.80. The second kappa shape index (κ2) is 5.56. The molecule has 0 radical (unpaired) electrons. The molecule has 0 aliphatic carbocycles. The zero-order chi connectivity index (χ0) is 13.8. The molecule has 2 rings (SSSR count). The fourth-order valence-corrected chi connectivity index (χ4v) is 1.78. The van der Waals surface area contributed by atoms with E-state index < -0.39 is 5.97 Å². The van der Waals surface area contributed by atoms with Crippen molar-refractivity contribution in [2.75, 3.05) is 6.61 Å². The first kappa shape index (κ1) is 13.1. The van der Waals surface area contributed by atoms with Crippen molar-refractivity contribution in [3.05, 3.63) is 36.2 Å². The van der Waals surface area contributed by atoms with Crippen molar-refractivity contribution in [1.82, 2.24) is 9.78 Å². The van der Waals surface area contributed by atoms with Crippen LogP contribution in [0.1, 0.15) is 13.8 Å². The number of allylic oxidation sites excluding steroid dienone is 1. The number of ether oxygens (including phenoxy) is 2. The third-order valence-electron chi connectivity index (χ3n) is 2.71. The first-order valence-corrected chi connectivity index (χ1v) is 6.09. The largest absolute Gasteiger partial charge is 0.460 e. The first-order chi connectivity index (χ1) is 9.17. The van der Waals surface area contributed by atoms with Crippen LogP contribution in [0.3, 0.4) is 0 Å². The van der Waals surface area contributed by atoms with Gasteiger partial charge in [-0.2, -0.15) is 5.10 Å². The predicted molar refractivity (Wildman–Crippen MR) is 71.7 cm³/mol. The fraction of sp³-hybridized carbons (Fsp3) is 0.286. The van der Waals surface area contributed by atoms with Gasteiger partial charge in [0.25, 0.3) is 0 Å². The van der Waals surface area contributed by atoms with Crippen LogP contribution in [0.4, 0.5) is 0 Å². The van der Waals surface area contributed by atoms with E-state index >= 15 is 0 Å². The molecule has 1 aromatic carbocycles. The highest BCUT2D eigenvalue weighted by Crippen LogP contribution is 2.26. The molecule has 0 saturated carbocycles. The topological polar surface area (TPSA) is 53.4 Å². The standard InChI is InChI=1S/C14H16N2O3/c1-4-12(14(17)18-5-2)19-13-8-6-7-11-10(13)9-15-16(11)3/h4,6-9H,5H2,1-3H3. The van der Waals surface area contributed by atoms with Gasteiger partial charge < -0.3 is 9.47 Å². The SMILES string of the molecule is CC=C(Oc1cccc2c1cnn2C)C(=O)OCC. The third kappa shape index (κ3) is 2.59. The van der Waals surface area contributed by atoms with Crippen molar-refractivity contribution < 1.29 is 14.3 Å². The lowest BCUT2D eigenvalue weighted by Crippen LogP contribution is -2.12. The summed E-state index contributed by atoms with van der Waals surface area (Å²) in [6.07, 6.45) is 3.30. The Labute approximate surface area is 111 Å². The number of carbonyl (C=O) groups excluding carboxylic acids is 1. The second-order valence-corrected chi connectivity index (χ2v) is 3.93. The van der Waals surface area contributed by atoms with Crippen LogP contribution in [-0.2, 0) is 16.6 Å². The van der Waals surface area contributed by atoms with Crippen LogP contribution in [0.5, 0.6) is 5.75 Å². The number of benzene rings is 1. The lowest BCUT2D eigenvalue weighted by atomic mass is 10.2. The highest BCUT2D eigenvalue weighted by Gasteiger charge is 2.14. The Morgan fingerprint density at radius 2 is 2.26 bits per heavy atom. The number of rotatable bonds is 4. The predicted octanol–water partition coefficient (Wildman–Crippen LogP) is 2.42. The zero-order valence-corrected chi connectivity index (χ0v) is 11.2. The molecule has 19 heavy (non-hydrogen) atoms. The summed E-state index contributed by atoms with van der Waals surface area (Å²) in [4.78, 5) is 11.7. The molecule has 0 N–H and O–H groups in total. The van der Waals surface area contributed by atoms with E-state index in [0.717, 1.165) is 10.9 Å². The van der Waals surface area contributed by atoms with Crippen molar-refractivity contribution in [2.45, 2.75) is 13.8 Å². The van der Waals surface area contributed by atoms with E-state index in [2.05, 4.69) is 5.10 Å². The average molecular weight is 260 g/mol. The van der Waals surface area contributed by atoms with E-state index in [0.29, 0.717) is 12.4 Å². The molecule has 5 nitrogen and oxygen atoms in total. The second-order valence-electron chi connectivity index (χ2n) is 3.93. The van der Waals surface area contributed by atoms with E-state index in [4.69, 9.17) is 9.47 Å². The Balaban J connectivity index is 2.33. The molecule has 1 heterocycles. The molecule has 0 saturated heterocycles. The summed E-state index contributed by atoms with van der Waals surface area (Å²) >= 11 is 0. The Morgan fingerprint density at radius 1 is 1.47 bits per heavy atom. The van der Waals surface area contributed by atoms with Gasteiger partial charge in [0, 0.05) is 7.05 Å². The van der Waals surface area contributed by atoms with E-state index in [1.54, 1.807) is 36.9 Å². The number of aryl methyl sites for hydroxylation is 1. The van der Waals surface area contributed by atoms with E-state index in [9.17, 15) is 4.79 Å². The van der Waals surface area contributed by atoms with Crippen molar-refractivity contribution in [1.29, 1.82) is 0 Å². The number of hydrogen-bond acceptors (Lipinski definition) is 4. The molecule has 0 aliphatic rings. The summed E-state index contributed by atoms with van der Waals surface area (Å²) < 4.78 is 12.3. The molecule has 0 amide bonds. The quantitative estimate of drug-likeness (QED) is 0.481. The van der Waals surface area contributed by atoms with Crippen LogP contribution >= 0.6 is 0 Å². The first-order valence-electron chi connectivity index (χ1n) is 6.09. The van der Waals surface area contributed by atoms with Gasteiger partial charge in [-0.1, -0.05) is 6.07 Å². The highest BCUT2D eigenvalue weighted by atomic mass is 16.6. The fourth-order valence-electron chi connectivity index (χ4n) is 1.78. The minimum atomic E-state index is -0.467. The van der Waals surface area contributed by atoms with Gasteiger partial charge in [0.15, 0.2) is 0 Å². The molecule has 0 aliphatic heterocycles. The van der Waals surface area contributed by atoms with Crippen LogP contribution < -0.4 is 4.74 Å². The number of esters is 1. The van der Waals surface area contributed by atoms with Crippen LogP contribution in [0.25, 0.3) is 10.9 Å². The van der Waals surface area contributed by atoms with E-state index in [1.807, 2.05) is 19.2 Å². The molecule has 2 aromatic rings. The minimum absolute atomic E-state index is 0.179. The van der Waals surface area contributed by atoms with Crippen molar-refractivity contribution >= 4 is 16.9 Å². The number of hydrogen-bond donors (Lipinski definition) is 0. The van der Waals surface area contributed by atoms with Crippen LogP contribution in [0.15, 0.2) is 36.2 Å². The smallest absolute Gasteiger partial charge is 0.373 e. The molecular formula is C14H16N2O3. The molecule has 0 atom stereocenters. The Kier molecular flexibility index (Phi) is 3.85. The summed E-state index contributed by atoms with van der Waals surface area (Å²) in [7, 11) is 1.86. The maximum absolute atomic E-state index is 11.7. The van der Waals surface area contributed by atoms with Gasteiger partial charge in [0.1, 0.15) is 5.75 Å². The van der Waals surface area contributed by atoms with Gasteiger partial charge in [-0.05, 0) is 32.1 Å². The minimum Gasteiger partial charge on any atom is -0.460 e. The molecule has 0 spiro atoms. The van der Waals surface area contributed by atoms with Gasteiger partial charge in [0.2, 0.25) is 5.76 Å². The highest BCUT2D eigenvalue weighted by molar-refractivity contribution is 5.89. The summed E-state index contributed by atoms with van der Waals surface area (Å²) in [6, 6.07) is 5.60. The summed E-state index contributed by atoms with van der Waals surface area (Å²) in [5.74, 6) is 0.302. The summed E-state index contributed by atoms with van der Waals surface area (Å²) in [5, 5.41) is 5.03. The maximum Gasteiger partial charge on any atom is 0.373 e. The lowest BCUT2D eigenvalue weighted by molar-refractivity contribution is -0.141. The third-order valence-corrected chi connectivity index (χ3v) is 2.71. The number of aromatic nitrogens is 2. The molecule has 1 aromatic heterocycles. The lowest BCUT2D eigenvalue weighted by Gasteiger charge is -2.09. The van der Waals surface area contributed by atoms with Gasteiger partial charge in [-0.25, -0.2) is 4.79 Å². The number of carbonyl (C=O) groups is 1. The molecule has 5 heteroatoms. The van der Waals surface area contributed by atoms with Gasteiger partial charge in [-0.15, -0.1) is 0 Å². The Bertz CT molecular complexity index is 629. The molecular weight excluding hydrogens is 244 g/mol. The van der Waals surface area contributed by atoms with Crippen LogP contribution in [-0.4, -0.2) is 22.4 Å². The number of fused-ring (bicyclic) bond motifs is 1. The number of nitrogens with zero attached hydrogens (tertiary/aromatic N) is 2. The van der Waals surface area contributed by atoms with E-state index in [1.165, 1.54) is 0 Å². The zero-order valence-electron chi connectivity index (χ0n) is 11.2. The van der Waals surface area contributed by atoms with Crippen LogP contribution in [0, 0.1) is 0 Å². The normalized spacial score (nSPS) is 11.6. The molecule has 0 fully saturated rings. The van der Waals surface area contributed by atoms with Crippen LogP contribution in [0.2, 0.25) is 0 Å². The molecule has 0 bridgehead atoms. The van der Waals surface area contributed by atoms with Gasteiger partial charge in [0.05, 0.1) is 23.7 Å². The van der Waals surface area contributed by atoms with Crippen molar-refractivity contribution in [3.8, 4) is 5.75 Å². The Hall–Kier alpha value is -2.30. The summed E-state index contributed by atoms with van der Waals surface area (Å²) in [5.41, 5.74) is 0.941. The maximum atomic E-state index is 11.7. The van der Waals surface area contributed by atoms with Gasteiger partial charge in [-0.3, -0.25) is 4.68 Å². The molecule has 0 unspecified atom stereocenters. The molecule has 100 valence electrons. The monoisotopic (exact) mass is 260 g/mol. The van der Waals surface area contributed by atoms with E-state index in [-0.39, 0.29) is 5.76 Å². The Morgan fingerprint density at radius 3 is 2.95 bits per heavy atom. The average Bonchev–Trinajstić information content (AvgIpc) is 2.79. The van der Waals surface area contributed by atoms with Crippen molar-refractivity contribution in [2.24, 2.45) is 7.05 Å². The van der Waals surface area contributed by atoms with Crippen molar-refractivity contribution in [3.63, 3.8) is 0 Å². The van der Waals surface area contributed by atoms with Gasteiger partial charge >= 0.3 is 5.97 Å².